The van der Waals surface area contributed by atoms with Crippen LogP contribution in [0.15, 0.2) is 42.9 Å². The van der Waals surface area contributed by atoms with Gasteiger partial charge in [0.1, 0.15) is 66.5 Å². The first-order chi connectivity index (χ1) is 51.2. The lowest BCUT2D eigenvalue weighted by Crippen LogP contribution is -2.65. The van der Waals surface area contributed by atoms with Crippen molar-refractivity contribution in [3.8, 4) is 0 Å². The number of carbonyl (C=O) groups excluding carboxylic acids is 13. The smallest absolute Gasteiger partial charge is 0.326 e. The Bertz CT molecular complexity index is 3410. The Morgan fingerprint density at radius 2 is 1.34 bits per heavy atom. The van der Waals surface area contributed by atoms with Crippen LogP contribution in [0.2, 0.25) is 0 Å². The van der Waals surface area contributed by atoms with Crippen molar-refractivity contribution in [2.45, 2.75) is 215 Å². The Labute approximate surface area is 628 Å². The third-order valence-corrected chi connectivity index (χ3v) is 20.8. The number of nitrogens with two attached hydrogens (primary N) is 3. The van der Waals surface area contributed by atoms with Crippen molar-refractivity contribution >= 4 is 116 Å². The molecule has 0 aliphatic carbocycles. The number of carboxylic acids is 1. The van der Waals surface area contributed by atoms with Crippen molar-refractivity contribution in [2.75, 3.05) is 50.8 Å². The maximum absolute atomic E-state index is 15.5. The van der Waals surface area contributed by atoms with Gasteiger partial charge in [-0.05, 0) is 108 Å². The summed E-state index contributed by atoms with van der Waals surface area (Å²) < 4.78 is 0. The highest BCUT2D eigenvalue weighted by molar-refractivity contribution is 8.76. The van der Waals surface area contributed by atoms with Crippen molar-refractivity contribution in [3.05, 3.63) is 54.1 Å². The van der Waals surface area contributed by atoms with E-state index >= 15 is 14.4 Å². The molecule has 0 saturated carbocycles. The molecular weight excluding hydrogens is 1430 g/mol. The van der Waals surface area contributed by atoms with E-state index in [0.29, 0.717) is 30.5 Å². The average molecular weight is 1540 g/mol. The van der Waals surface area contributed by atoms with Crippen LogP contribution in [0.4, 0.5) is 0 Å². The number of fused-ring (bicyclic) bond motifs is 1. The number of aromatic nitrogens is 2. The lowest BCUT2D eigenvalue weighted by atomic mass is 9.98. The minimum atomic E-state index is -1.80. The Kier molecular flexibility index (Phi) is 35.7. The molecule has 1 unspecified atom stereocenters. The molecule has 37 nitrogen and oxygen atoms in total. The number of unbranched alkanes of at least 4 members (excludes halogenated alkanes) is 1. The van der Waals surface area contributed by atoms with Gasteiger partial charge in [0.15, 0.2) is 11.9 Å². The van der Waals surface area contributed by atoms with Crippen LogP contribution in [0.5, 0.6) is 0 Å². The van der Waals surface area contributed by atoms with Crippen LogP contribution in [-0.4, -0.2) is 243 Å². The summed E-state index contributed by atoms with van der Waals surface area (Å²) in [5.74, 6) is -12.3. The lowest BCUT2D eigenvalue weighted by molar-refractivity contribution is -0.142. The molecule has 1 aromatic carbocycles. The van der Waals surface area contributed by atoms with Gasteiger partial charge < -0.3 is 106 Å². The molecular formula is C68H106N22O15S2. The van der Waals surface area contributed by atoms with Gasteiger partial charge in [0.25, 0.3) is 0 Å². The third kappa shape index (κ3) is 28.5. The molecule has 5 heterocycles. The van der Waals surface area contributed by atoms with Crippen molar-refractivity contribution in [2.24, 2.45) is 23.1 Å². The zero-order valence-electron chi connectivity index (χ0n) is 60.7. The van der Waals surface area contributed by atoms with Crippen LogP contribution in [0.1, 0.15) is 141 Å². The molecule has 107 heavy (non-hydrogen) atoms. The number of aromatic amines is 1. The summed E-state index contributed by atoms with van der Waals surface area (Å²) in [5.41, 5.74) is 17.9. The number of carboxylic acid groups (broad SMARTS) is 1. The van der Waals surface area contributed by atoms with E-state index in [9.17, 15) is 57.8 Å². The molecule has 4 fully saturated rings. The second-order valence-electron chi connectivity index (χ2n) is 27.2. The van der Waals surface area contributed by atoms with Gasteiger partial charge in [-0.1, -0.05) is 79.1 Å². The molecule has 0 spiro atoms. The summed E-state index contributed by atoms with van der Waals surface area (Å²) in [4.78, 5) is 208. The van der Waals surface area contributed by atoms with Gasteiger partial charge in [-0.3, -0.25) is 73.1 Å². The predicted molar refractivity (Wildman–Crippen MR) is 396 cm³/mol. The normalized spacial score (nSPS) is 22.1. The standard InChI is InChI=1S/C68H106N22O15S2/c1-4-14-41(81-59(97)46(31-38(2)3)85-57(95)43(18-10-26-75-67(70)71)83-62(100)51-21-13-29-90(51)65(103)45(19-11-27-76-68(72)73)84-58(96)44-22-23-52(91)79-44)55-64(102)87-49(61(99)86-48(66(104)105)32-39-15-6-5-7-16-39)36-107-106-30-24-53(92)80-47(33-40-34-74-37-78-40)60(98)82-42(17-8-9-25-69)56(94)77-35-54(93)89-28-12-20-50(89)63(101)88-55/h5-7,15-16,34,37-38,41-51,55H,4,8-14,17-33,35-36,69H2,1-3H3,(H,74,78)(H,77,94)(H,79,91)(H,80,92)(H,81,97)(H,82,98)(H,83,100)(H,84,96)(H,85,95)(H,86,99)(H,87,102)(H,88,101)(H,104,105)(H4,70,71,75)(H4,72,73,76)/t41?,42-,43-,44-,45-,46-,47-,48-,49-,50-,51-,55-/m0/s1. The summed E-state index contributed by atoms with van der Waals surface area (Å²) in [7, 11) is 2.13. The summed E-state index contributed by atoms with van der Waals surface area (Å²) in [6.45, 7) is 5.22. The topological polar surface area (TPSA) is 577 Å². The van der Waals surface area contributed by atoms with E-state index < -0.39 is 156 Å². The number of nitrogens with zero attached hydrogens (tertiary/aromatic N) is 3. The number of likely N-dealkylation sites (tertiary alicyclic amines) is 1. The number of rotatable bonds is 33. The molecule has 1 aromatic heterocycles. The zero-order chi connectivity index (χ0) is 78.1. The third-order valence-electron chi connectivity index (χ3n) is 18.4. The van der Waals surface area contributed by atoms with E-state index in [1.54, 1.807) is 51.1 Å². The summed E-state index contributed by atoms with van der Waals surface area (Å²) in [6, 6.07) is -7.66. The van der Waals surface area contributed by atoms with Crippen molar-refractivity contribution in [1.82, 2.24) is 88.9 Å². The monoisotopic (exact) mass is 1530 g/mol. The van der Waals surface area contributed by atoms with Crippen molar-refractivity contribution < 1.29 is 72.2 Å². The Hall–Kier alpha value is -9.79. The van der Waals surface area contributed by atoms with Gasteiger partial charge in [0.2, 0.25) is 76.8 Å². The zero-order valence-corrected chi connectivity index (χ0v) is 62.3. The van der Waals surface area contributed by atoms with E-state index in [1.165, 1.54) is 22.3 Å². The summed E-state index contributed by atoms with van der Waals surface area (Å²) in [6.07, 6.45) is 4.97. The van der Waals surface area contributed by atoms with Crippen LogP contribution < -0.4 is 86.3 Å². The Morgan fingerprint density at radius 3 is 1.98 bits per heavy atom. The number of carbonyl (C=O) groups is 14. The molecule has 590 valence electrons. The number of imidazole rings is 1. The predicted octanol–water partition coefficient (Wildman–Crippen LogP) is -3.69. The van der Waals surface area contributed by atoms with E-state index in [2.05, 4.69) is 79.1 Å². The van der Waals surface area contributed by atoms with Crippen LogP contribution >= 0.6 is 21.6 Å². The highest BCUT2D eigenvalue weighted by Crippen LogP contribution is 2.25. The quantitative estimate of drug-likeness (QED) is 0.0142. The molecule has 13 amide bonds. The minimum Gasteiger partial charge on any atom is -0.480 e. The van der Waals surface area contributed by atoms with E-state index in [0.717, 1.165) is 21.6 Å². The molecule has 4 aliphatic rings. The molecule has 0 radical (unpaired) electrons. The maximum Gasteiger partial charge on any atom is 0.326 e. The van der Waals surface area contributed by atoms with Gasteiger partial charge in [-0.15, -0.1) is 0 Å². The molecule has 2 aromatic rings. The number of H-pyrrole nitrogens is 1. The van der Waals surface area contributed by atoms with Gasteiger partial charge in [0.05, 0.1) is 18.9 Å². The summed E-state index contributed by atoms with van der Waals surface area (Å²) >= 11 is 0. The second kappa shape index (κ2) is 44.4. The van der Waals surface area contributed by atoms with Gasteiger partial charge >= 0.3 is 5.97 Å². The number of nitrogens with one attached hydrogen (secondary N) is 16. The SMILES string of the molecule is CCCC(NC(=O)[C@H](CC(C)C)NC(=O)[C@H](CCCNC(=N)N)NC(=O)[C@@H]1CCCN1C(=O)[C@H](CCCNC(=N)N)NC(=O)[C@@H]1CCC(=O)N1)[C@@H]1NC(=O)[C@@H]2CCCN2C(=O)CNC(=O)[C@H](CCCCN)NC(=O)[C@H](Cc2cnc[nH]2)NC(=O)CCSSC[C@@H](C(=O)N[C@@H](Cc2ccccc2)C(=O)O)NC1=O. The number of hydrogen-bond acceptors (Lipinski definition) is 20. The fourth-order valence-corrected chi connectivity index (χ4v) is 15.0. The first-order valence-corrected chi connectivity index (χ1v) is 38.9. The highest BCUT2D eigenvalue weighted by atomic mass is 33.1. The fourth-order valence-electron chi connectivity index (χ4n) is 12.9. The molecule has 6 rings (SSSR count). The van der Waals surface area contributed by atoms with Crippen LogP contribution in [-0.2, 0) is 80.0 Å². The molecule has 0 bridgehead atoms. The number of amides is 13. The molecule has 39 heteroatoms. The van der Waals surface area contributed by atoms with Crippen molar-refractivity contribution in [3.63, 3.8) is 0 Å². The van der Waals surface area contributed by atoms with E-state index in [-0.39, 0.29) is 171 Å². The lowest BCUT2D eigenvalue weighted by Gasteiger charge is -2.33. The van der Waals surface area contributed by atoms with Crippen LogP contribution in [0.25, 0.3) is 0 Å². The molecule has 4 saturated heterocycles. The van der Waals surface area contributed by atoms with Gasteiger partial charge in [0, 0.05) is 75.3 Å². The number of benzene rings is 1. The largest absolute Gasteiger partial charge is 0.480 e. The summed E-state index contributed by atoms with van der Waals surface area (Å²) in [5, 5.41) is 60.9. The van der Waals surface area contributed by atoms with Crippen LogP contribution in [0, 0.1) is 16.7 Å². The number of aliphatic carboxylic acids is 1. The molecule has 4 aliphatic heterocycles. The van der Waals surface area contributed by atoms with Crippen molar-refractivity contribution in [1.29, 1.82) is 10.8 Å². The van der Waals surface area contributed by atoms with Crippen LogP contribution in [0.3, 0.4) is 0 Å². The first kappa shape index (κ1) is 86.1. The Morgan fingerprint density at radius 1 is 0.673 bits per heavy atom. The Balaban J connectivity index is 1.32. The maximum atomic E-state index is 15.5. The average Bonchev–Trinajstić information content (AvgIpc) is 1.77. The number of hydrogen-bond donors (Lipinski definition) is 20. The number of guanidine groups is 2. The fraction of sp³-hybridized carbons (Fsp3) is 0.632. The first-order valence-electron chi connectivity index (χ1n) is 36.4. The minimum absolute atomic E-state index is 0.0170. The van der Waals surface area contributed by atoms with E-state index in [4.69, 9.17) is 28.0 Å². The molecule has 12 atom stereocenters. The molecule has 23 N–H and O–H groups in total. The second-order valence-corrected chi connectivity index (χ2v) is 29.9. The van der Waals surface area contributed by atoms with E-state index in [1.807, 2.05) is 0 Å². The highest BCUT2D eigenvalue weighted by Gasteiger charge is 2.43. The van der Waals surface area contributed by atoms with Gasteiger partial charge in [-0.25, -0.2) is 9.78 Å². The van der Waals surface area contributed by atoms with Gasteiger partial charge in [-0.2, -0.15) is 0 Å².